The van der Waals surface area contributed by atoms with Gasteiger partial charge in [-0.15, -0.1) is 6.42 Å². The monoisotopic (exact) mass is 621 g/mol. The summed E-state index contributed by atoms with van der Waals surface area (Å²) in [5, 5.41) is 30.5. The Labute approximate surface area is 256 Å². The number of fused-ring (bicyclic) bond motifs is 1. The number of carboxylic acids is 3. The number of hydrogen-bond acceptors (Lipinski definition) is 10. The van der Waals surface area contributed by atoms with E-state index in [0.29, 0.717) is 16.6 Å². The maximum atomic E-state index is 12.9. The van der Waals surface area contributed by atoms with Gasteiger partial charge in [0.05, 0.1) is 30.6 Å². The number of methoxy groups -OCH3 is 1. The number of hydrogen-bond donors (Lipinski definition) is 6. The van der Waals surface area contributed by atoms with E-state index in [0.717, 1.165) is 5.56 Å². The molecule has 1 amide bonds. The molecule has 1 heterocycles. The van der Waals surface area contributed by atoms with Crippen molar-refractivity contribution in [1.82, 2.24) is 15.3 Å². The first-order chi connectivity index (χ1) is 21.3. The van der Waals surface area contributed by atoms with Crippen LogP contribution in [0.2, 0.25) is 0 Å². The number of rotatable bonds is 16. The molecule has 0 radical (unpaired) electrons. The Balaban J connectivity index is 1.74. The van der Waals surface area contributed by atoms with Gasteiger partial charge in [0.25, 0.3) is 17.5 Å². The second kappa shape index (κ2) is 15.1. The molecule has 0 saturated heterocycles. The van der Waals surface area contributed by atoms with Crippen molar-refractivity contribution in [2.45, 2.75) is 37.9 Å². The van der Waals surface area contributed by atoms with Gasteiger partial charge in [0.1, 0.15) is 12.0 Å². The van der Waals surface area contributed by atoms with Crippen LogP contribution in [0.25, 0.3) is 10.9 Å². The fourth-order valence-electron chi connectivity index (χ4n) is 4.47. The largest absolute Gasteiger partial charge is 0.481 e. The number of Topliss-reactive ketones (excluding diaryl/α,β-unsaturated/α-hetero) is 1. The zero-order valence-electron chi connectivity index (χ0n) is 24.1. The number of carbonyl (C=O) groups excluding carboxylic acids is 2. The Hall–Kier alpha value is -5.75. The number of ether oxygens (including phenoxy) is 1. The average molecular weight is 622 g/mol. The zero-order chi connectivity index (χ0) is 33.3. The summed E-state index contributed by atoms with van der Waals surface area (Å²) in [5.74, 6) is -5.70. The van der Waals surface area contributed by atoms with Gasteiger partial charge >= 0.3 is 17.9 Å². The van der Waals surface area contributed by atoms with Crippen molar-refractivity contribution in [3.05, 3.63) is 63.9 Å². The molecule has 3 aromatic rings. The number of carboxylic acid groups (broad SMARTS) is 3. The van der Waals surface area contributed by atoms with Crippen molar-refractivity contribution < 1.29 is 44.0 Å². The van der Waals surface area contributed by atoms with Crippen molar-refractivity contribution in [2.24, 2.45) is 11.7 Å². The van der Waals surface area contributed by atoms with Crippen LogP contribution in [0.5, 0.6) is 6.01 Å². The van der Waals surface area contributed by atoms with Crippen molar-refractivity contribution in [1.29, 1.82) is 0 Å². The fraction of sp³-hybridized carbons (Fsp3) is 0.300. The highest BCUT2D eigenvalue weighted by atomic mass is 16.5. The van der Waals surface area contributed by atoms with E-state index in [9.17, 15) is 39.0 Å². The SMILES string of the molecule is C#CCN(Cc1ccc2nc(OC)[nH]c(=O)c2c1)c1ccc(C(=O)N[C@H](CC(C(=O)O)C(=O)[C@H](N)CCC(=O)O)C(=O)O)cc1. The van der Waals surface area contributed by atoms with Crippen LogP contribution in [0.15, 0.2) is 47.3 Å². The molecule has 15 nitrogen and oxygen atoms in total. The number of benzene rings is 2. The van der Waals surface area contributed by atoms with Crippen LogP contribution >= 0.6 is 0 Å². The summed E-state index contributed by atoms with van der Waals surface area (Å²) in [7, 11) is 1.39. The van der Waals surface area contributed by atoms with Crippen LogP contribution in [-0.2, 0) is 25.7 Å². The molecule has 1 unspecified atom stereocenters. The highest BCUT2D eigenvalue weighted by Gasteiger charge is 2.36. The van der Waals surface area contributed by atoms with Crippen LogP contribution in [0, 0.1) is 18.3 Å². The number of amides is 1. The maximum Gasteiger partial charge on any atom is 0.326 e. The van der Waals surface area contributed by atoms with Crippen molar-refractivity contribution in [2.75, 3.05) is 18.6 Å². The van der Waals surface area contributed by atoms with Gasteiger partial charge in [-0.1, -0.05) is 12.0 Å². The first-order valence-corrected chi connectivity index (χ1v) is 13.5. The van der Waals surface area contributed by atoms with Crippen LogP contribution in [0.3, 0.4) is 0 Å². The molecule has 1 aromatic heterocycles. The van der Waals surface area contributed by atoms with Gasteiger partial charge in [0.2, 0.25) is 0 Å². The van der Waals surface area contributed by atoms with E-state index >= 15 is 0 Å². The molecular formula is C30H31N5O10. The molecule has 0 aliphatic heterocycles. The van der Waals surface area contributed by atoms with Gasteiger partial charge in [0, 0.05) is 24.2 Å². The topological polar surface area (TPSA) is 242 Å². The molecule has 0 aliphatic carbocycles. The normalized spacial score (nSPS) is 12.7. The van der Waals surface area contributed by atoms with Gasteiger partial charge in [-0.25, -0.2) is 4.79 Å². The minimum Gasteiger partial charge on any atom is -0.481 e. The molecule has 0 spiro atoms. The van der Waals surface area contributed by atoms with Gasteiger partial charge < -0.3 is 36.0 Å². The maximum absolute atomic E-state index is 12.9. The molecule has 3 rings (SSSR count). The number of H-pyrrole nitrogens is 1. The summed E-state index contributed by atoms with van der Waals surface area (Å²) in [5.41, 5.74) is 7.10. The van der Waals surface area contributed by atoms with Crippen LogP contribution in [0.1, 0.15) is 35.2 Å². The minimum absolute atomic E-state index is 0.0410. The van der Waals surface area contributed by atoms with Crippen molar-refractivity contribution in [3.8, 4) is 18.4 Å². The number of ketones is 1. The Morgan fingerprint density at radius 2 is 1.78 bits per heavy atom. The van der Waals surface area contributed by atoms with Crippen molar-refractivity contribution >= 4 is 46.2 Å². The van der Waals surface area contributed by atoms with Gasteiger partial charge in [-0.3, -0.25) is 29.0 Å². The number of nitrogens with zero attached hydrogens (tertiary/aromatic N) is 2. The molecule has 3 atom stereocenters. The predicted molar refractivity (Wildman–Crippen MR) is 160 cm³/mol. The molecule has 45 heavy (non-hydrogen) atoms. The minimum atomic E-state index is -1.89. The second-order valence-electron chi connectivity index (χ2n) is 9.97. The molecule has 0 fully saturated rings. The van der Waals surface area contributed by atoms with E-state index < -0.39 is 60.4 Å². The second-order valence-corrected chi connectivity index (χ2v) is 9.97. The summed E-state index contributed by atoms with van der Waals surface area (Å²) in [6.07, 6.45) is 3.94. The number of aliphatic carboxylic acids is 3. The quantitative estimate of drug-likeness (QED) is 0.0949. The number of anilines is 1. The van der Waals surface area contributed by atoms with E-state index in [1.54, 1.807) is 35.2 Å². The first kappa shape index (κ1) is 33.7. The summed E-state index contributed by atoms with van der Waals surface area (Å²) in [4.78, 5) is 80.8. The Kier molecular flexibility index (Phi) is 11.3. The van der Waals surface area contributed by atoms with E-state index in [-0.39, 0.29) is 36.6 Å². The molecule has 2 aromatic carbocycles. The number of nitrogens with one attached hydrogen (secondary N) is 2. The molecular weight excluding hydrogens is 590 g/mol. The van der Waals surface area contributed by atoms with Gasteiger partial charge in [0.15, 0.2) is 5.78 Å². The third-order valence-corrected chi connectivity index (χ3v) is 6.84. The summed E-state index contributed by atoms with van der Waals surface area (Å²) < 4.78 is 4.99. The Morgan fingerprint density at radius 3 is 2.36 bits per heavy atom. The van der Waals surface area contributed by atoms with Crippen LogP contribution < -0.4 is 26.2 Å². The van der Waals surface area contributed by atoms with E-state index in [1.165, 1.54) is 19.2 Å². The fourth-order valence-corrected chi connectivity index (χ4v) is 4.47. The Morgan fingerprint density at radius 1 is 1.09 bits per heavy atom. The van der Waals surface area contributed by atoms with E-state index in [1.807, 2.05) is 0 Å². The summed E-state index contributed by atoms with van der Waals surface area (Å²) >= 11 is 0. The Bertz CT molecular complexity index is 1700. The lowest BCUT2D eigenvalue weighted by Gasteiger charge is -2.23. The average Bonchev–Trinajstić information content (AvgIpc) is 3.01. The number of terminal acetylenes is 1. The van der Waals surface area contributed by atoms with Gasteiger partial charge in [-0.05, 0) is 54.8 Å². The van der Waals surface area contributed by atoms with E-state index in [4.69, 9.17) is 22.0 Å². The lowest BCUT2D eigenvalue weighted by molar-refractivity contribution is -0.148. The molecule has 0 bridgehead atoms. The molecule has 0 saturated carbocycles. The highest BCUT2D eigenvalue weighted by molar-refractivity contribution is 6.02. The van der Waals surface area contributed by atoms with E-state index in [2.05, 4.69) is 21.2 Å². The number of aromatic nitrogens is 2. The first-order valence-electron chi connectivity index (χ1n) is 13.5. The van der Waals surface area contributed by atoms with Gasteiger partial charge in [-0.2, -0.15) is 4.98 Å². The molecule has 0 aliphatic rings. The standard InChI is InChI=1S/C30H31N5O10/c1-3-12-35(15-16-4-10-22-19(13-16)27(40)34-30(33-22)45-2)18-7-5-17(6-8-18)26(39)32-23(29(43)44)14-20(28(41)42)25(38)21(31)9-11-24(36)37/h1,4-8,10,13,20-21,23H,9,11-12,14-15,31H2,2H3,(H,32,39)(H,36,37)(H,41,42)(H,43,44)(H,33,34,40)/t20?,21-,23-/m1/s1. The molecule has 15 heteroatoms. The third kappa shape index (κ3) is 8.88. The lowest BCUT2D eigenvalue weighted by atomic mass is 9.90. The number of nitrogens with two attached hydrogens (primary N) is 1. The zero-order valence-corrected chi connectivity index (χ0v) is 24.1. The number of aromatic amines is 1. The number of carbonyl (C=O) groups is 5. The van der Waals surface area contributed by atoms with Crippen LogP contribution in [0.4, 0.5) is 5.69 Å². The highest BCUT2D eigenvalue weighted by Crippen LogP contribution is 2.21. The smallest absolute Gasteiger partial charge is 0.326 e. The van der Waals surface area contributed by atoms with Crippen molar-refractivity contribution in [3.63, 3.8) is 0 Å². The summed E-state index contributed by atoms with van der Waals surface area (Å²) in [6, 6.07) is 7.98. The third-order valence-electron chi connectivity index (χ3n) is 6.84. The molecule has 7 N–H and O–H groups in total. The molecule has 236 valence electrons. The summed E-state index contributed by atoms with van der Waals surface area (Å²) in [6.45, 7) is 0.457. The van der Waals surface area contributed by atoms with Crippen LogP contribution in [-0.4, -0.2) is 80.6 Å². The lowest BCUT2D eigenvalue weighted by Crippen LogP contribution is -2.47. The predicted octanol–water partition coefficient (Wildman–Crippen LogP) is 0.607.